The number of aromatic nitrogens is 4. The van der Waals surface area contributed by atoms with E-state index in [1.165, 1.54) is 29.1 Å². The van der Waals surface area contributed by atoms with E-state index >= 15 is 0 Å². The topological polar surface area (TPSA) is 92.9 Å². The van der Waals surface area contributed by atoms with Crippen LogP contribution in [0.3, 0.4) is 0 Å². The lowest BCUT2D eigenvalue weighted by Crippen LogP contribution is -2.25. The van der Waals surface area contributed by atoms with Gasteiger partial charge in [-0.15, -0.1) is 0 Å². The lowest BCUT2D eigenvalue weighted by Gasteiger charge is -2.13. The Kier molecular flexibility index (Phi) is 3.69. The molecule has 0 amide bonds. The van der Waals surface area contributed by atoms with Gasteiger partial charge in [-0.25, -0.2) is 9.97 Å². The molecule has 0 fully saturated rings. The van der Waals surface area contributed by atoms with E-state index in [-0.39, 0.29) is 17.4 Å². The average molecular weight is 311 g/mol. The minimum atomic E-state index is -0.199. The number of aromatic hydroxyl groups is 1. The molecule has 3 rings (SSSR count). The lowest BCUT2D eigenvalue weighted by atomic mass is 10.2. The van der Waals surface area contributed by atoms with Crippen molar-refractivity contribution < 1.29 is 5.11 Å². The largest absolute Gasteiger partial charge is 0.508 e. The summed E-state index contributed by atoms with van der Waals surface area (Å²) in [4.78, 5) is 25.5. The van der Waals surface area contributed by atoms with E-state index in [1.807, 2.05) is 13.8 Å². The number of fused-ring (bicyclic) bond motifs is 1. The van der Waals surface area contributed by atoms with Crippen molar-refractivity contribution in [3.63, 3.8) is 0 Å². The Morgan fingerprint density at radius 2 is 1.96 bits per heavy atom. The van der Waals surface area contributed by atoms with Crippen molar-refractivity contribution in [2.24, 2.45) is 7.05 Å². The molecule has 0 aliphatic carbocycles. The maximum absolute atomic E-state index is 12.5. The van der Waals surface area contributed by atoms with Gasteiger partial charge in [-0.3, -0.25) is 14.3 Å². The van der Waals surface area contributed by atoms with Crippen molar-refractivity contribution in [3.8, 4) is 17.0 Å². The molecule has 2 heterocycles. The van der Waals surface area contributed by atoms with Crippen LogP contribution >= 0.6 is 0 Å². The van der Waals surface area contributed by atoms with Crippen LogP contribution in [0.1, 0.15) is 13.8 Å². The van der Waals surface area contributed by atoms with Gasteiger partial charge in [-0.2, -0.15) is 0 Å². The second kappa shape index (κ2) is 5.68. The molecule has 0 spiro atoms. The zero-order valence-corrected chi connectivity index (χ0v) is 13.1. The van der Waals surface area contributed by atoms with Gasteiger partial charge in [0, 0.05) is 25.4 Å². The van der Waals surface area contributed by atoms with Gasteiger partial charge in [0.1, 0.15) is 5.75 Å². The summed E-state index contributed by atoms with van der Waals surface area (Å²) in [7, 11) is 1.66. The highest BCUT2D eigenvalue weighted by atomic mass is 16.3. The van der Waals surface area contributed by atoms with E-state index in [1.54, 1.807) is 13.1 Å². The Balaban J connectivity index is 2.10. The third-order valence-electron chi connectivity index (χ3n) is 3.39. The summed E-state index contributed by atoms with van der Waals surface area (Å²) < 4.78 is 1.46. The van der Waals surface area contributed by atoms with E-state index in [0.717, 1.165) is 0 Å². The Morgan fingerprint density at radius 1 is 1.17 bits per heavy atom. The van der Waals surface area contributed by atoms with Gasteiger partial charge in [-0.1, -0.05) is 0 Å². The van der Waals surface area contributed by atoms with Gasteiger partial charge < -0.3 is 10.4 Å². The summed E-state index contributed by atoms with van der Waals surface area (Å²) in [5.41, 5.74) is 1.80. The maximum Gasteiger partial charge on any atom is 0.264 e. The van der Waals surface area contributed by atoms with Gasteiger partial charge in [-0.05, 0) is 26.0 Å². The maximum atomic E-state index is 12.5. The summed E-state index contributed by atoms with van der Waals surface area (Å²) in [5.74, 6) is 0.633. The Morgan fingerprint density at radius 3 is 2.70 bits per heavy atom. The van der Waals surface area contributed by atoms with Crippen molar-refractivity contribution in [3.05, 3.63) is 40.9 Å². The summed E-state index contributed by atoms with van der Waals surface area (Å²) in [5, 5.41) is 12.6. The standard InChI is InChI=1S/C16H17N5O2/c1-9(2)19-16-18-7-11(15(23)21(16)3)14-8-17-13-6-10(22)4-5-12(13)20-14/h4-9,22H,1-3H3,(H,18,19). The molecule has 0 aliphatic rings. The molecule has 0 bridgehead atoms. The molecule has 0 radical (unpaired) electrons. The van der Waals surface area contributed by atoms with Crippen LogP contribution in [-0.2, 0) is 7.05 Å². The monoisotopic (exact) mass is 311 g/mol. The molecule has 7 nitrogen and oxygen atoms in total. The summed E-state index contributed by atoms with van der Waals surface area (Å²) in [6.45, 7) is 3.95. The molecule has 0 atom stereocenters. The van der Waals surface area contributed by atoms with E-state index in [9.17, 15) is 9.90 Å². The van der Waals surface area contributed by atoms with Crippen molar-refractivity contribution in [2.45, 2.75) is 19.9 Å². The van der Waals surface area contributed by atoms with Gasteiger partial charge in [0.25, 0.3) is 5.56 Å². The highest BCUT2D eigenvalue weighted by Gasteiger charge is 2.12. The average Bonchev–Trinajstić information content (AvgIpc) is 2.51. The molecule has 2 N–H and O–H groups in total. The number of phenols is 1. The predicted octanol–water partition coefficient (Wildman–Crippen LogP) is 1.92. The van der Waals surface area contributed by atoms with Crippen molar-refractivity contribution in [1.82, 2.24) is 19.5 Å². The third-order valence-corrected chi connectivity index (χ3v) is 3.39. The van der Waals surface area contributed by atoms with Crippen LogP contribution in [-0.4, -0.2) is 30.7 Å². The zero-order valence-electron chi connectivity index (χ0n) is 13.1. The lowest BCUT2D eigenvalue weighted by molar-refractivity contribution is 0.476. The molecule has 23 heavy (non-hydrogen) atoms. The van der Waals surface area contributed by atoms with Crippen LogP contribution in [0.4, 0.5) is 5.95 Å². The van der Waals surface area contributed by atoms with Gasteiger partial charge >= 0.3 is 0 Å². The Bertz CT molecular complexity index is 933. The second-order valence-corrected chi connectivity index (χ2v) is 5.59. The number of hydrogen-bond acceptors (Lipinski definition) is 6. The molecule has 118 valence electrons. The van der Waals surface area contributed by atoms with Crippen LogP contribution in [0.5, 0.6) is 5.75 Å². The van der Waals surface area contributed by atoms with Crippen molar-refractivity contribution >= 4 is 17.0 Å². The molecule has 2 aromatic heterocycles. The molecule has 0 unspecified atom stereocenters. The highest BCUT2D eigenvalue weighted by Crippen LogP contribution is 2.20. The summed E-state index contributed by atoms with van der Waals surface area (Å²) >= 11 is 0. The number of benzene rings is 1. The number of rotatable bonds is 3. The molecule has 0 saturated carbocycles. The quantitative estimate of drug-likeness (QED) is 0.767. The van der Waals surface area contributed by atoms with Gasteiger partial charge in [0.2, 0.25) is 5.95 Å². The molecule has 1 aromatic carbocycles. The Labute approximate surface area is 132 Å². The molecular formula is C16H17N5O2. The fraction of sp³-hybridized carbons (Fsp3) is 0.250. The minimum absolute atomic E-state index is 0.126. The first-order valence-electron chi connectivity index (χ1n) is 7.24. The Hall–Kier alpha value is -2.96. The van der Waals surface area contributed by atoms with Crippen LogP contribution in [0.2, 0.25) is 0 Å². The van der Waals surface area contributed by atoms with Crippen LogP contribution in [0.15, 0.2) is 35.4 Å². The fourth-order valence-corrected chi connectivity index (χ4v) is 2.24. The normalized spacial score (nSPS) is 11.1. The summed E-state index contributed by atoms with van der Waals surface area (Å²) in [6, 6.07) is 4.89. The minimum Gasteiger partial charge on any atom is -0.508 e. The van der Waals surface area contributed by atoms with Crippen LogP contribution < -0.4 is 10.9 Å². The smallest absolute Gasteiger partial charge is 0.264 e. The molecule has 3 aromatic rings. The van der Waals surface area contributed by atoms with E-state index in [0.29, 0.717) is 28.2 Å². The van der Waals surface area contributed by atoms with Crippen molar-refractivity contribution in [1.29, 1.82) is 0 Å². The predicted molar refractivity (Wildman–Crippen MR) is 88.4 cm³/mol. The highest BCUT2D eigenvalue weighted by molar-refractivity contribution is 5.78. The van der Waals surface area contributed by atoms with E-state index < -0.39 is 0 Å². The number of phenolic OH excluding ortho intramolecular Hbond substituents is 1. The van der Waals surface area contributed by atoms with E-state index in [4.69, 9.17) is 0 Å². The van der Waals surface area contributed by atoms with Gasteiger partial charge in [0.05, 0.1) is 28.5 Å². The third kappa shape index (κ3) is 2.85. The number of nitrogens with one attached hydrogen (secondary N) is 1. The number of hydrogen-bond donors (Lipinski definition) is 2. The SMILES string of the molecule is CC(C)Nc1ncc(-c2cnc3cc(O)ccc3n2)c(=O)n1C. The van der Waals surface area contributed by atoms with E-state index in [2.05, 4.69) is 20.3 Å². The summed E-state index contributed by atoms with van der Waals surface area (Å²) in [6.07, 6.45) is 3.01. The second-order valence-electron chi connectivity index (χ2n) is 5.59. The first-order chi connectivity index (χ1) is 11.0. The molecular weight excluding hydrogens is 294 g/mol. The number of nitrogens with zero attached hydrogens (tertiary/aromatic N) is 4. The number of anilines is 1. The van der Waals surface area contributed by atoms with Crippen LogP contribution in [0.25, 0.3) is 22.3 Å². The fourth-order valence-electron chi connectivity index (χ4n) is 2.24. The zero-order chi connectivity index (χ0) is 16.6. The van der Waals surface area contributed by atoms with Crippen LogP contribution in [0, 0.1) is 0 Å². The van der Waals surface area contributed by atoms with Gasteiger partial charge in [0.15, 0.2) is 0 Å². The molecule has 0 aliphatic heterocycles. The van der Waals surface area contributed by atoms with Crippen molar-refractivity contribution in [2.75, 3.05) is 5.32 Å². The first kappa shape index (κ1) is 15.0. The molecule has 7 heteroatoms. The molecule has 0 saturated heterocycles. The first-order valence-corrected chi connectivity index (χ1v) is 7.24.